The van der Waals surface area contributed by atoms with Gasteiger partial charge in [0.1, 0.15) is 0 Å². The number of nitrogens with zero attached hydrogens (tertiary/aromatic N) is 1. The molecule has 0 aromatic heterocycles. The summed E-state index contributed by atoms with van der Waals surface area (Å²) in [6.07, 6.45) is 8.16. The number of likely N-dealkylation sites (tertiary alicyclic amines) is 1. The average molecular weight is 328 g/mol. The van der Waals surface area contributed by atoms with E-state index in [1.165, 1.54) is 37.8 Å². The Kier molecular flexibility index (Phi) is 5.60. The summed E-state index contributed by atoms with van der Waals surface area (Å²) in [6, 6.07) is 8.41. The summed E-state index contributed by atoms with van der Waals surface area (Å²) >= 11 is 0. The predicted octanol–water partition coefficient (Wildman–Crippen LogP) is 4.58. The highest BCUT2D eigenvalue weighted by atomic mass is 16.1. The molecule has 1 N–H and O–H groups in total. The summed E-state index contributed by atoms with van der Waals surface area (Å²) in [6.45, 7) is 8.10. The van der Waals surface area contributed by atoms with Crippen molar-refractivity contribution in [1.29, 1.82) is 0 Å². The molecule has 132 valence electrons. The van der Waals surface area contributed by atoms with Crippen LogP contribution in [0.5, 0.6) is 0 Å². The lowest BCUT2D eigenvalue weighted by molar-refractivity contribution is -0.118. The number of para-hydroxylation sites is 1. The molecule has 0 bridgehead atoms. The van der Waals surface area contributed by atoms with Crippen molar-refractivity contribution in [2.24, 2.45) is 5.92 Å². The Bertz CT molecular complexity index is 555. The molecular weight excluding hydrogens is 296 g/mol. The maximum absolute atomic E-state index is 12.2. The van der Waals surface area contributed by atoms with E-state index >= 15 is 0 Å². The molecule has 1 spiro atoms. The summed E-state index contributed by atoms with van der Waals surface area (Å²) in [5.74, 6) is 1.04. The van der Waals surface area contributed by atoms with Crippen LogP contribution in [-0.2, 0) is 10.2 Å². The van der Waals surface area contributed by atoms with E-state index in [1.807, 2.05) is 6.07 Å². The Balaban J connectivity index is 1.67. The number of hydrogen-bond donors (Lipinski definition) is 1. The molecule has 1 saturated heterocycles. The van der Waals surface area contributed by atoms with Crippen LogP contribution in [0, 0.1) is 5.92 Å². The predicted molar refractivity (Wildman–Crippen MR) is 100 cm³/mol. The van der Waals surface area contributed by atoms with Crippen molar-refractivity contribution in [3.05, 3.63) is 29.8 Å². The van der Waals surface area contributed by atoms with Crippen LogP contribution in [-0.4, -0.2) is 30.4 Å². The summed E-state index contributed by atoms with van der Waals surface area (Å²) in [5, 5.41) is 3.06. The van der Waals surface area contributed by atoms with Gasteiger partial charge in [-0.05, 0) is 56.3 Å². The van der Waals surface area contributed by atoms with E-state index in [-0.39, 0.29) is 11.3 Å². The quantitative estimate of drug-likeness (QED) is 0.829. The van der Waals surface area contributed by atoms with Gasteiger partial charge in [0.25, 0.3) is 0 Å². The lowest BCUT2D eigenvalue weighted by Crippen LogP contribution is -2.47. The van der Waals surface area contributed by atoms with Crippen molar-refractivity contribution in [2.45, 2.75) is 64.2 Å². The first-order chi connectivity index (χ1) is 11.7. The van der Waals surface area contributed by atoms with Crippen LogP contribution < -0.4 is 5.32 Å². The average Bonchev–Trinajstić information content (AvgIpc) is 2.57. The molecule has 2 heterocycles. The Hall–Kier alpha value is -1.35. The van der Waals surface area contributed by atoms with Gasteiger partial charge in [-0.1, -0.05) is 44.9 Å². The molecule has 2 aliphatic rings. The second-order valence-corrected chi connectivity index (χ2v) is 7.79. The summed E-state index contributed by atoms with van der Waals surface area (Å²) < 4.78 is 0. The van der Waals surface area contributed by atoms with Crippen LogP contribution in [0.4, 0.5) is 5.69 Å². The van der Waals surface area contributed by atoms with Gasteiger partial charge in [-0.3, -0.25) is 4.79 Å². The van der Waals surface area contributed by atoms with Gasteiger partial charge in [-0.15, -0.1) is 0 Å². The number of piperidine rings is 1. The summed E-state index contributed by atoms with van der Waals surface area (Å²) in [7, 11) is 0. The number of carbonyl (C=O) groups is 1. The molecule has 3 nitrogen and oxygen atoms in total. The van der Waals surface area contributed by atoms with E-state index in [0.717, 1.165) is 37.5 Å². The molecule has 2 aliphatic heterocycles. The van der Waals surface area contributed by atoms with Gasteiger partial charge < -0.3 is 10.2 Å². The smallest absolute Gasteiger partial charge is 0.225 e. The molecule has 3 rings (SSSR count). The van der Waals surface area contributed by atoms with Crippen molar-refractivity contribution in [3.8, 4) is 0 Å². The third-order valence-corrected chi connectivity index (χ3v) is 5.99. The summed E-state index contributed by atoms with van der Waals surface area (Å²) in [5.41, 5.74) is 2.47. The van der Waals surface area contributed by atoms with Crippen LogP contribution in [0.15, 0.2) is 24.3 Å². The zero-order chi connectivity index (χ0) is 17.0. The maximum Gasteiger partial charge on any atom is 0.225 e. The van der Waals surface area contributed by atoms with Crippen molar-refractivity contribution in [1.82, 2.24) is 4.90 Å². The first-order valence-electron chi connectivity index (χ1n) is 9.78. The second kappa shape index (κ2) is 7.69. The molecule has 0 unspecified atom stereocenters. The van der Waals surface area contributed by atoms with Crippen LogP contribution in [0.2, 0.25) is 0 Å². The van der Waals surface area contributed by atoms with Gasteiger partial charge in [-0.25, -0.2) is 0 Å². The van der Waals surface area contributed by atoms with Crippen molar-refractivity contribution in [3.63, 3.8) is 0 Å². The molecule has 3 heteroatoms. The lowest BCUT2D eigenvalue weighted by atomic mass is 9.68. The normalized spacial score (nSPS) is 20.2. The maximum atomic E-state index is 12.2. The molecule has 1 aromatic rings. The Morgan fingerprint density at radius 2 is 1.79 bits per heavy atom. The topological polar surface area (TPSA) is 32.3 Å². The third kappa shape index (κ3) is 3.66. The fourth-order valence-electron chi connectivity index (χ4n) is 4.77. The number of nitrogens with one attached hydrogen (secondary N) is 1. The van der Waals surface area contributed by atoms with Gasteiger partial charge in [0.2, 0.25) is 5.91 Å². The number of hydrogen-bond acceptors (Lipinski definition) is 2. The van der Waals surface area contributed by atoms with E-state index < -0.39 is 0 Å². The molecule has 24 heavy (non-hydrogen) atoms. The Morgan fingerprint density at radius 3 is 2.46 bits per heavy atom. The van der Waals surface area contributed by atoms with Crippen LogP contribution in [0.1, 0.15) is 64.4 Å². The molecule has 1 amide bonds. The first-order valence-corrected chi connectivity index (χ1v) is 9.78. The van der Waals surface area contributed by atoms with E-state index in [4.69, 9.17) is 0 Å². The standard InChI is InChI=1S/C21H32N2O/c1-3-7-17(8-4-2)16-23-13-11-21(12-14-23)15-20(24)22-19-10-6-5-9-18(19)21/h5-6,9-10,17H,3-4,7-8,11-16H2,1-2H3,(H,22,24). The summed E-state index contributed by atoms with van der Waals surface area (Å²) in [4.78, 5) is 14.9. The minimum Gasteiger partial charge on any atom is -0.326 e. The van der Waals surface area contributed by atoms with Crippen molar-refractivity contribution >= 4 is 11.6 Å². The van der Waals surface area contributed by atoms with Crippen LogP contribution >= 0.6 is 0 Å². The number of rotatable bonds is 6. The highest BCUT2D eigenvalue weighted by molar-refractivity contribution is 5.95. The van der Waals surface area contributed by atoms with Gasteiger partial charge in [-0.2, -0.15) is 0 Å². The molecule has 0 saturated carbocycles. The van der Waals surface area contributed by atoms with Crippen molar-refractivity contribution in [2.75, 3.05) is 25.0 Å². The van der Waals surface area contributed by atoms with Gasteiger partial charge in [0.05, 0.1) is 0 Å². The minimum absolute atomic E-state index is 0.0699. The van der Waals surface area contributed by atoms with E-state index in [0.29, 0.717) is 6.42 Å². The largest absolute Gasteiger partial charge is 0.326 e. The zero-order valence-electron chi connectivity index (χ0n) is 15.3. The van der Waals surface area contributed by atoms with E-state index in [1.54, 1.807) is 0 Å². The highest BCUT2D eigenvalue weighted by Gasteiger charge is 2.42. The lowest BCUT2D eigenvalue weighted by Gasteiger charge is -2.45. The monoisotopic (exact) mass is 328 g/mol. The number of benzene rings is 1. The van der Waals surface area contributed by atoms with Crippen LogP contribution in [0.25, 0.3) is 0 Å². The SMILES string of the molecule is CCCC(CCC)CN1CCC2(CC1)CC(=O)Nc1ccccc12. The fraction of sp³-hybridized carbons (Fsp3) is 0.667. The van der Waals surface area contributed by atoms with E-state index in [9.17, 15) is 4.79 Å². The van der Waals surface area contributed by atoms with Gasteiger partial charge in [0.15, 0.2) is 0 Å². The molecule has 1 aromatic carbocycles. The number of amides is 1. The van der Waals surface area contributed by atoms with Crippen LogP contribution in [0.3, 0.4) is 0 Å². The number of carbonyl (C=O) groups excluding carboxylic acids is 1. The minimum atomic E-state index is 0.0699. The molecule has 1 fully saturated rings. The fourth-order valence-corrected chi connectivity index (χ4v) is 4.77. The highest BCUT2D eigenvalue weighted by Crippen LogP contribution is 2.45. The molecular formula is C21H32N2O. The van der Waals surface area contributed by atoms with Gasteiger partial charge in [0, 0.05) is 24.1 Å². The number of anilines is 1. The Labute approximate surface area is 146 Å². The molecule has 0 atom stereocenters. The number of fused-ring (bicyclic) bond motifs is 2. The first kappa shape index (κ1) is 17.5. The van der Waals surface area contributed by atoms with Crippen molar-refractivity contribution < 1.29 is 4.79 Å². The van der Waals surface area contributed by atoms with E-state index in [2.05, 4.69) is 42.3 Å². The zero-order valence-corrected chi connectivity index (χ0v) is 15.3. The molecule has 0 radical (unpaired) electrons. The third-order valence-electron chi connectivity index (χ3n) is 5.99. The second-order valence-electron chi connectivity index (χ2n) is 7.79. The van der Waals surface area contributed by atoms with Gasteiger partial charge >= 0.3 is 0 Å². The molecule has 0 aliphatic carbocycles. The Morgan fingerprint density at radius 1 is 1.12 bits per heavy atom.